The normalized spacial score (nSPS) is 7.29. The number of hydrogen-bond donors (Lipinski definition) is 0. The van der Waals surface area contributed by atoms with Crippen LogP contribution in [0.15, 0.2) is 24.3 Å². The van der Waals surface area contributed by atoms with Gasteiger partial charge in [-0.25, -0.2) is 0 Å². The first kappa shape index (κ1) is 27.1. The summed E-state index contributed by atoms with van der Waals surface area (Å²) in [6.07, 6.45) is 1.72. The van der Waals surface area contributed by atoms with Gasteiger partial charge in [-0.1, -0.05) is 13.3 Å². The molecule has 0 aromatic heterocycles. The molecule has 0 saturated carbocycles. The van der Waals surface area contributed by atoms with E-state index in [4.69, 9.17) is 0 Å². The van der Waals surface area contributed by atoms with Crippen LogP contribution in [0.2, 0.25) is 0 Å². The highest BCUT2D eigenvalue weighted by Crippen LogP contribution is 2.00. The summed E-state index contributed by atoms with van der Waals surface area (Å²) in [6, 6.07) is 0. The highest BCUT2D eigenvalue weighted by Gasteiger charge is 1.83. The number of allylic oxidation sites excluding steroid dienone is 1. The Kier molecular flexibility index (Phi) is 42.0. The van der Waals surface area contributed by atoms with Crippen molar-refractivity contribution in [2.75, 3.05) is 12.0 Å². The topological polar surface area (TPSA) is 0 Å². The minimum absolute atomic E-state index is 0. The molecule has 0 atom stereocenters. The zero-order chi connectivity index (χ0) is 13.4. The van der Waals surface area contributed by atoms with Gasteiger partial charge in [-0.15, -0.1) is 24.0 Å². The molecular weight excluding hydrogens is 597 g/mol. The maximum absolute atomic E-state index is 11.1. The van der Waals surface area contributed by atoms with E-state index in [2.05, 4.69) is 37.2 Å². The Labute approximate surface area is 145 Å². The van der Waals surface area contributed by atoms with Gasteiger partial charge < -0.3 is 0 Å². The third-order valence-electron chi connectivity index (χ3n) is 0.992. The van der Waals surface area contributed by atoms with Crippen LogP contribution < -0.4 is 0 Å². The van der Waals surface area contributed by atoms with E-state index in [-0.39, 0.29) is 24.0 Å². The van der Waals surface area contributed by atoms with E-state index in [1.807, 2.05) is 6.92 Å². The second-order valence-electron chi connectivity index (χ2n) is 2.23. The van der Waals surface area contributed by atoms with Gasteiger partial charge in [0.1, 0.15) is 0 Å². The molecule has 17 heavy (non-hydrogen) atoms. The number of rotatable bonds is 4. The summed E-state index contributed by atoms with van der Waals surface area (Å²) in [5, 5.41) is 0. The lowest BCUT2D eigenvalue weighted by molar-refractivity contribution is 0.417. The minimum Gasteiger partial charge on any atom is -0.174 e. The highest BCUT2D eigenvalue weighted by molar-refractivity contribution is 15.0. The van der Waals surface area contributed by atoms with Crippen molar-refractivity contribution >= 4 is 73.0 Å². The third-order valence-corrected chi connectivity index (χ3v) is 1.49. The Hall–Kier alpha value is 1.74. The summed E-state index contributed by atoms with van der Waals surface area (Å²) in [7, 11) is 0. The van der Waals surface area contributed by atoms with E-state index in [0.717, 1.165) is 18.6 Å². The van der Waals surface area contributed by atoms with Crippen molar-refractivity contribution < 1.29 is 17.6 Å². The monoisotopic (exact) mass is 612 g/mol. The molecule has 0 aliphatic heterocycles. The molecule has 106 valence electrons. The first-order valence-corrected chi connectivity index (χ1v) is 11.9. The molecule has 0 aliphatic carbocycles. The van der Waals surface area contributed by atoms with Crippen molar-refractivity contribution in [2.45, 2.75) is 19.8 Å². The molecule has 0 amide bonds. The van der Waals surface area contributed by atoms with Crippen LogP contribution in [0.25, 0.3) is 0 Å². The van der Waals surface area contributed by atoms with Gasteiger partial charge >= 0.3 is 0 Å². The lowest BCUT2D eigenvalue weighted by Crippen LogP contribution is -1.65. The lowest BCUT2D eigenvalue weighted by Gasteiger charge is -1.79. The second kappa shape index (κ2) is 26.3. The summed E-state index contributed by atoms with van der Waals surface area (Å²) >= 11 is 5.61. The molecule has 0 aromatic carbocycles. The van der Waals surface area contributed by atoms with Gasteiger partial charge in [-0.3, -0.25) is 0 Å². The molecule has 0 aromatic rings. The van der Waals surface area contributed by atoms with E-state index >= 15 is 0 Å². The number of unbranched alkanes of at least 4 members (excludes halogenated alkanes) is 1. The maximum Gasteiger partial charge on any atom is 0.267 e. The summed E-state index contributed by atoms with van der Waals surface area (Å²) < 4.78 is 44.3. The second-order valence-corrected chi connectivity index (χ2v) is 3.14. The average Bonchev–Trinajstić information content (AvgIpc) is 2.27. The van der Waals surface area contributed by atoms with Crippen molar-refractivity contribution in [2.24, 2.45) is 0 Å². The molecule has 0 heterocycles. The Bertz CT molecular complexity index is 161. The SMILES string of the molecule is CCCC=C(F)F.CSCC=C(F)F.I.II. The summed E-state index contributed by atoms with van der Waals surface area (Å²) in [5.41, 5.74) is 0. The fourth-order valence-electron chi connectivity index (χ4n) is 0.400. The molecular formula is C9H15F4I3S. The first-order chi connectivity index (χ1) is 7.54. The van der Waals surface area contributed by atoms with Gasteiger partial charge in [0.05, 0.1) is 0 Å². The van der Waals surface area contributed by atoms with Crippen molar-refractivity contribution in [3.63, 3.8) is 0 Å². The van der Waals surface area contributed by atoms with Crippen LogP contribution in [0.3, 0.4) is 0 Å². The van der Waals surface area contributed by atoms with Gasteiger partial charge in [0.2, 0.25) is 0 Å². The smallest absolute Gasteiger partial charge is 0.174 e. The van der Waals surface area contributed by atoms with E-state index in [9.17, 15) is 17.6 Å². The van der Waals surface area contributed by atoms with Crippen LogP contribution in [0.5, 0.6) is 0 Å². The maximum atomic E-state index is 11.1. The Morgan fingerprint density at radius 1 is 1.06 bits per heavy atom. The molecule has 8 heteroatoms. The predicted molar refractivity (Wildman–Crippen MR) is 97.3 cm³/mol. The first-order valence-electron chi connectivity index (χ1n) is 4.20. The largest absolute Gasteiger partial charge is 0.267 e. The number of thioether (sulfide) groups is 1. The molecule has 0 nitrogen and oxygen atoms in total. The highest BCUT2D eigenvalue weighted by atomic mass is 128. The molecule has 0 radical (unpaired) electrons. The molecule has 0 spiro atoms. The quantitative estimate of drug-likeness (QED) is 0.242. The average molecular weight is 612 g/mol. The summed E-state index contributed by atoms with van der Waals surface area (Å²) in [4.78, 5) is 0. The van der Waals surface area contributed by atoms with Gasteiger partial charge in [0.25, 0.3) is 12.2 Å². The standard InChI is InChI=1S/C5H8F2.C4H6F2S.I2.HI/c1-2-3-4-5(6)7;1-7-3-2-4(5)6;1-2;/h4H,2-3H2,1H3;2H,3H2,1H3;;1H. The van der Waals surface area contributed by atoms with Crippen molar-refractivity contribution in [3.05, 3.63) is 24.3 Å². The molecule has 0 rings (SSSR count). The van der Waals surface area contributed by atoms with E-state index < -0.39 is 12.2 Å². The van der Waals surface area contributed by atoms with Crippen LogP contribution in [0.4, 0.5) is 17.6 Å². The summed E-state index contributed by atoms with van der Waals surface area (Å²) in [5.74, 6) is 0.405. The number of halogens is 7. The molecule has 0 fully saturated rings. The Morgan fingerprint density at radius 3 is 1.59 bits per heavy atom. The Balaban J connectivity index is -0.0000000823. The van der Waals surface area contributed by atoms with Crippen LogP contribution in [0.1, 0.15) is 19.8 Å². The molecule has 0 N–H and O–H groups in total. The van der Waals surface area contributed by atoms with Gasteiger partial charge in [0.15, 0.2) is 0 Å². The zero-order valence-corrected chi connectivity index (χ0v) is 16.8. The zero-order valence-electron chi connectivity index (χ0n) is 9.36. The summed E-state index contributed by atoms with van der Waals surface area (Å²) in [6.45, 7) is 1.86. The van der Waals surface area contributed by atoms with Crippen molar-refractivity contribution in [1.82, 2.24) is 0 Å². The van der Waals surface area contributed by atoms with Gasteiger partial charge in [-0.2, -0.15) is 29.3 Å². The van der Waals surface area contributed by atoms with E-state index in [1.165, 1.54) is 11.8 Å². The van der Waals surface area contributed by atoms with Gasteiger partial charge in [0, 0.05) is 43.0 Å². The lowest BCUT2D eigenvalue weighted by atomic mass is 10.3. The molecule has 0 unspecified atom stereocenters. The van der Waals surface area contributed by atoms with E-state index in [0.29, 0.717) is 12.2 Å². The van der Waals surface area contributed by atoms with Gasteiger partial charge in [-0.05, 0) is 24.8 Å². The molecule has 0 bridgehead atoms. The fourth-order valence-corrected chi connectivity index (χ4v) is 0.692. The third kappa shape index (κ3) is 46.3. The Morgan fingerprint density at radius 2 is 1.47 bits per heavy atom. The van der Waals surface area contributed by atoms with Crippen LogP contribution in [-0.4, -0.2) is 12.0 Å². The van der Waals surface area contributed by atoms with Crippen molar-refractivity contribution in [3.8, 4) is 0 Å². The van der Waals surface area contributed by atoms with E-state index in [1.54, 1.807) is 6.26 Å². The van der Waals surface area contributed by atoms with Crippen LogP contribution >= 0.6 is 73.0 Å². The van der Waals surface area contributed by atoms with Crippen molar-refractivity contribution in [1.29, 1.82) is 0 Å². The van der Waals surface area contributed by atoms with Crippen LogP contribution in [0, 0.1) is 0 Å². The van der Waals surface area contributed by atoms with Crippen LogP contribution in [-0.2, 0) is 0 Å². The fraction of sp³-hybridized carbons (Fsp3) is 0.556. The molecule has 0 saturated heterocycles. The minimum atomic E-state index is -1.59. The molecule has 0 aliphatic rings. The predicted octanol–water partition coefficient (Wildman–Crippen LogP) is 7.09. The number of hydrogen-bond acceptors (Lipinski definition) is 1.